The van der Waals surface area contributed by atoms with Crippen molar-refractivity contribution in [1.82, 2.24) is 10.2 Å². The molecule has 0 spiro atoms. The number of hydrogen-bond acceptors (Lipinski definition) is 6. The van der Waals surface area contributed by atoms with E-state index in [0.717, 1.165) is 17.4 Å². The van der Waals surface area contributed by atoms with Crippen molar-refractivity contribution in [1.29, 1.82) is 0 Å². The Bertz CT molecular complexity index is 1040. The Balaban J connectivity index is 1.71. The summed E-state index contributed by atoms with van der Waals surface area (Å²) < 4.78 is 28.6. The van der Waals surface area contributed by atoms with E-state index in [0.29, 0.717) is 12.3 Å². The number of carbonyl (C=O) groups is 1. The van der Waals surface area contributed by atoms with Gasteiger partial charge in [-0.2, -0.15) is 0 Å². The lowest BCUT2D eigenvalue weighted by Crippen LogP contribution is -2.13. The highest BCUT2D eigenvalue weighted by Gasteiger charge is 2.14. The molecule has 3 aromatic rings. The lowest BCUT2D eigenvalue weighted by atomic mass is 10.1. The van der Waals surface area contributed by atoms with Crippen molar-refractivity contribution in [2.45, 2.75) is 18.2 Å². The number of anilines is 1. The third-order valence-electron chi connectivity index (χ3n) is 3.69. The first-order valence-electron chi connectivity index (χ1n) is 7.81. The van der Waals surface area contributed by atoms with E-state index in [-0.39, 0.29) is 16.5 Å². The SMILES string of the molecule is Cc1ccc(Cc2nnc(NC(=O)c3cccc(S(C)(=O)=O)c3)o2)cc1. The van der Waals surface area contributed by atoms with Crippen LogP contribution < -0.4 is 5.32 Å². The van der Waals surface area contributed by atoms with Crippen LogP contribution >= 0.6 is 0 Å². The van der Waals surface area contributed by atoms with Crippen molar-refractivity contribution in [3.8, 4) is 0 Å². The number of benzene rings is 2. The predicted molar refractivity (Wildman–Crippen MR) is 95.8 cm³/mol. The van der Waals surface area contributed by atoms with Gasteiger partial charge in [-0.1, -0.05) is 41.0 Å². The van der Waals surface area contributed by atoms with E-state index < -0.39 is 15.7 Å². The zero-order valence-electron chi connectivity index (χ0n) is 14.3. The molecule has 1 amide bonds. The Labute approximate surface area is 151 Å². The summed E-state index contributed by atoms with van der Waals surface area (Å²) in [5.74, 6) is -0.157. The van der Waals surface area contributed by atoms with Gasteiger partial charge in [0.25, 0.3) is 5.91 Å². The van der Waals surface area contributed by atoms with Gasteiger partial charge in [-0.25, -0.2) is 8.42 Å². The number of amides is 1. The fraction of sp³-hybridized carbons (Fsp3) is 0.167. The molecular weight excluding hydrogens is 354 g/mol. The molecule has 0 saturated heterocycles. The maximum atomic E-state index is 12.3. The van der Waals surface area contributed by atoms with Crippen LogP contribution in [0.25, 0.3) is 0 Å². The lowest BCUT2D eigenvalue weighted by molar-refractivity contribution is 0.102. The van der Waals surface area contributed by atoms with Gasteiger partial charge in [0.05, 0.1) is 11.3 Å². The monoisotopic (exact) mass is 371 g/mol. The van der Waals surface area contributed by atoms with Gasteiger partial charge in [0.1, 0.15) is 0 Å². The van der Waals surface area contributed by atoms with Crippen LogP contribution in [0.5, 0.6) is 0 Å². The highest BCUT2D eigenvalue weighted by molar-refractivity contribution is 7.90. The van der Waals surface area contributed by atoms with Crippen LogP contribution in [0.3, 0.4) is 0 Å². The molecule has 1 heterocycles. The van der Waals surface area contributed by atoms with Gasteiger partial charge in [-0.15, -0.1) is 5.10 Å². The Kier molecular flexibility index (Phi) is 4.85. The minimum atomic E-state index is -3.40. The average Bonchev–Trinajstić information content (AvgIpc) is 3.03. The van der Waals surface area contributed by atoms with E-state index >= 15 is 0 Å². The average molecular weight is 371 g/mol. The Morgan fingerprint density at radius 3 is 2.54 bits per heavy atom. The summed E-state index contributed by atoms with van der Waals surface area (Å²) >= 11 is 0. The minimum absolute atomic E-state index is 0.0399. The van der Waals surface area contributed by atoms with E-state index in [4.69, 9.17) is 4.42 Å². The van der Waals surface area contributed by atoms with Crippen molar-refractivity contribution in [2.75, 3.05) is 11.6 Å². The molecule has 0 unspecified atom stereocenters. The molecule has 2 aromatic carbocycles. The minimum Gasteiger partial charge on any atom is -0.407 e. The third-order valence-corrected chi connectivity index (χ3v) is 4.80. The van der Waals surface area contributed by atoms with Crippen LogP contribution in [-0.2, 0) is 16.3 Å². The Hall–Kier alpha value is -3.00. The predicted octanol–water partition coefficient (Wildman–Crippen LogP) is 2.62. The number of aromatic nitrogens is 2. The number of hydrogen-bond donors (Lipinski definition) is 1. The number of rotatable bonds is 5. The Morgan fingerprint density at radius 1 is 1.12 bits per heavy atom. The molecule has 0 aliphatic rings. The molecule has 0 aliphatic heterocycles. The van der Waals surface area contributed by atoms with Crippen LogP contribution in [0, 0.1) is 6.92 Å². The smallest absolute Gasteiger partial charge is 0.322 e. The molecule has 0 saturated carbocycles. The largest absolute Gasteiger partial charge is 0.407 e. The topological polar surface area (TPSA) is 102 Å². The van der Waals surface area contributed by atoms with Gasteiger partial charge in [0.15, 0.2) is 9.84 Å². The highest BCUT2D eigenvalue weighted by Crippen LogP contribution is 2.15. The van der Waals surface area contributed by atoms with Gasteiger partial charge in [-0.3, -0.25) is 10.1 Å². The maximum absolute atomic E-state index is 12.3. The second-order valence-electron chi connectivity index (χ2n) is 5.92. The van der Waals surface area contributed by atoms with Gasteiger partial charge in [-0.05, 0) is 30.7 Å². The number of nitrogens with zero attached hydrogens (tertiary/aromatic N) is 2. The first-order valence-corrected chi connectivity index (χ1v) is 9.70. The Morgan fingerprint density at radius 2 is 1.85 bits per heavy atom. The van der Waals surface area contributed by atoms with Gasteiger partial charge in [0.2, 0.25) is 5.89 Å². The van der Waals surface area contributed by atoms with Crippen molar-refractivity contribution in [3.05, 3.63) is 71.1 Å². The first-order chi connectivity index (χ1) is 12.3. The summed E-state index contributed by atoms with van der Waals surface area (Å²) in [5, 5.41) is 10.2. The standard InChI is InChI=1S/C18H17N3O4S/c1-12-6-8-13(9-7-12)10-16-20-21-18(25-16)19-17(22)14-4-3-5-15(11-14)26(2,23)24/h3-9,11H,10H2,1-2H3,(H,19,21,22). The molecule has 3 rings (SSSR count). The number of sulfone groups is 1. The molecule has 1 aromatic heterocycles. The van der Waals surface area contributed by atoms with Crippen molar-refractivity contribution < 1.29 is 17.6 Å². The molecule has 0 bridgehead atoms. The lowest BCUT2D eigenvalue weighted by Gasteiger charge is -2.03. The zero-order valence-corrected chi connectivity index (χ0v) is 15.1. The molecule has 26 heavy (non-hydrogen) atoms. The quantitative estimate of drug-likeness (QED) is 0.740. The zero-order chi connectivity index (χ0) is 18.7. The van der Waals surface area contributed by atoms with Crippen molar-refractivity contribution in [3.63, 3.8) is 0 Å². The van der Waals surface area contributed by atoms with E-state index in [1.807, 2.05) is 31.2 Å². The fourth-order valence-corrected chi connectivity index (χ4v) is 2.96. The van der Waals surface area contributed by atoms with Crippen LogP contribution in [0.15, 0.2) is 57.8 Å². The molecule has 0 radical (unpaired) electrons. The maximum Gasteiger partial charge on any atom is 0.322 e. The van der Waals surface area contributed by atoms with Crippen molar-refractivity contribution >= 4 is 21.8 Å². The number of carbonyl (C=O) groups excluding carboxylic acids is 1. The van der Waals surface area contributed by atoms with Crippen LogP contribution in [0.2, 0.25) is 0 Å². The molecular formula is C18H17N3O4S. The van der Waals surface area contributed by atoms with E-state index in [1.165, 1.54) is 24.3 Å². The van der Waals surface area contributed by atoms with Gasteiger partial charge < -0.3 is 4.42 Å². The molecule has 0 fully saturated rings. The first kappa shape index (κ1) is 17.8. The molecule has 134 valence electrons. The van der Waals surface area contributed by atoms with E-state index in [1.54, 1.807) is 0 Å². The normalized spacial score (nSPS) is 11.3. The summed E-state index contributed by atoms with van der Waals surface area (Å²) in [6.45, 7) is 2.00. The van der Waals surface area contributed by atoms with Crippen LogP contribution in [-0.4, -0.2) is 30.8 Å². The van der Waals surface area contributed by atoms with Crippen LogP contribution in [0.1, 0.15) is 27.4 Å². The second kappa shape index (κ2) is 7.09. The second-order valence-corrected chi connectivity index (χ2v) is 7.93. The highest BCUT2D eigenvalue weighted by atomic mass is 32.2. The number of aryl methyl sites for hydroxylation is 1. The van der Waals surface area contributed by atoms with Gasteiger partial charge >= 0.3 is 6.01 Å². The van der Waals surface area contributed by atoms with E-state index in [9.17, 15) is 13.2 Å². The summed E-state index contributed by atoms with van der Waals surface area (Å²) in [6.07, 6.45) is 1.53. The summed E-state index contributed by atoms with van der Waals surface area (Å²) in [6, 6.07) is 13.6. The summed E-state index contributed by atoms with van der Waals surface area (Å²) in [4.78, 5) is 12.3. The fourth-order valence-electron chi connectivity index (χ4n) is 2.29. The third kappa shape index (κ3) is 4.34. The number of nitrogens with one attached hydrogen (secondary N) is 1. The summed E-state index contributed by atoms with van der Waals surface area (Å²) in [7, 11) is -3.40. The molecule has 1 N–H and O–H groups in total. The molecule has 7 nitrogen and oxygen atoms in total. The summed E-state index contributed by atoms with van der Waals surface area (Å²) in [5.41, 5.74) is 2.35. The molecule has 0 atom stereocenters. The molecule has 8 heteroatoms. The van der Waals surface area contributed by atoms with Crippen molar-refractivity contribution in [2.24, 2.45) is 0 Å². The van der Waals surface area contributed by atoms with Crippen LogP contribution in [0.4, 0.5) is 6.01 Å². The molecule has 0 aliphatic carbocycles. The van der Waals surface area contributed by atoms with Gasteiger partial charge in [0, 0.05) is 11.8 Å². The van der Waals surface area contributed by atoms with E-state index in [2.05, 4.69) is 15.5 Å².